The maximum atomic E-state index is 12.7. The second kappa shape index (κ2) is 8.91. The summed E-state index contributed by atoms with van der Waals surface area (Å²) in [5.41, 5.74) is 2.36. The number of carbonyl (C=O) groups is 2. The van der Waals surface area contributed by atoms with Gasteiger partial charge in [0.2, 0.25) is 0 Å². The molecule has 0 aliphatic carbocycles. The van der Waals surface area contributed by atoms with E-state index in [9.17, 15) is 9.59 Å². The second-order valence-electron chi connectivity index (χ2n) is 7.32. The van der Waals surface area contributed by atoms with E-state index in [4.69, 9.17) is 4.74 Å². The first-order valence-corrected chi connectivity index (χ1v) is 9.81. The van der Waals surface area contributed by atoms with E-state index >= 15 is 0 Å². The summed E-state index contributed by atoms with van der Waals surface area (Å²) in [5, 5.41) is 5.81. The lowest BCUT2D eigenvalue weighted by atomic mass is 10.1. The smallest absolute Gasteiger partial charge is 0.287 e. The Kier molecular flexibility index (Phi) is 6.34. The van der Waals surface area contributed by atoms with Crippen LogP contribution in [0.4, 0.5) is 0 Å². The van der Waals surface area contributed by atoms with Crippen molar-refractivity contribution in [3.63, 3.8) is 0 Å². The van der Waals surface area contributed by atoms with Gasteiger partial charge in [-0.2, -0.15) is 0 Å². The van der Waals surface area contributed by atoms with Crippen LogP contribution in [-0.4, -0.2) is 41.1 Å². The van der Waals surface area contributed by atoms with Gasteiger partial charge in [-0.25, -0.2) is 4.98 Å². The van der Waals surface area contributed by atoms with Gasteiger partial charge in [-0.3, -0.25) is 9.59 Å². The normalized spacial score (nSPS) is 13.1. The van der Waals surface area contributed by atoms with Gasteiger partial charge in [-0.05, 0) is 57.2 Å². The third kappa shape index (κ3) is 4.52. The van der Waals surface area contributed by atoms with Crippen LogP contribution in [0, 0.1) is 0 Å². The van der Waals surface area contributed by atoms with Gasteiger partial charge in [0.15, 0.2) is 5.82 Å². The maximum absolute atomic E-state index is 12.7. The first-order chi connectivity index (χ1) is 13.5. The van der Waals surface area contributed by atoms with Crippen LogP contribution in [-0.2, 0) is 19.4 Å². The Morgan fingerprint density at radius 1 is 1.18 bits per heavy atom. The molecule has 7 heteroatoms. The van der Waals surface area contributed by atoms with Crippen molar-refractivity contribution in [3.8, 4) is 5.75 Å². The molecule has 2 heterocycles. The van der Waals surface area contributed by atoms with Gasteiger partial charge < -0.3 is 19.9 Å². The molecule has 0 fully saturated rings. The van der Waals surface area contributed by atoms with Crippen molar-refractivity contribution in [2.75, 3.05) is 13.7 Å². The van der Waals surface area contributed by atoms with Crippen LogP contribution >= 0.6 is 0 Å². The maximum Gasteiger partial charge on any atom is 0.287 e. The van der Waals surface area contributed by atoms with E-state index in [0.29, 0.717) is 24.5 Å². The highest BCUT2D eigenvalue weighted by molar-refractivity contribution is 5.97. The third-order valence-electron chi connectivity index (χ3n) is 4.81. The topological polar surface area (TPSA) is 85.2 Å². The van der Waals surface area contributed by atoms with Gasteiger partial charge >= 0.3 is 0 Å². The molecule has 0 atom stereocenters. The molecule has 1 aromatic heterocycles. The number of benzene rings is 1. The number of carbonyl (C=O) groups excluding carboxylic acids is 2. The number of rotatable bonds is 7. The van der Waals surface area contributed by atoms with E-state index < -0.39 is 0 Å². The minimum absolute atomic E-state index is 0.0233. The number of nitrogens with zero attached hydrogens (tertiary/aromatic N) is 2. The van der Waals surface area contributed by atoms with Gasteiger partial charge in [0.05, 0.1) is 12.8 Å². The van der Waals surface area contributed by atoms with E-state index in [-0.39, 0.29) is 17.9 Å². The lowest BCUT2D eigenvalue weighted by molar-refractivity contribution is 0.0936. The number of nitrogens with one attached hydrogen (secondary N) is 2. The molecular formula is C21H28N4O3. The Balaban J connectivity index is 1.68. The van der Waals surface area contributed by atoms with Gasteiger partial charge in [-0.1, -0.05) is 12.1 Å². The summed E-state index contributed by atoms with van der Waals surface area (Å²) in [7, 11) is 1.64. The summed E-state index contributed by atoms with van der Waals surface area (Å²) in [6.07, 6.45) is 3.48. The molecule has 0 spiro atoms. The molecule has 2 N–H and O–H groups in total. The van der Waals surface area contributed by atoms with Crippen LogP contribution in [0.25, 0.3) is 0 Å². The molecule has 2 amide bonds. The molecule has 28 heavy (non-hydrogen) atoms. The van der Waals surface area contributed by atoms with Crippen molar-refractivity contribution in [1.82, 2.24) is 20.2 Å². The van der Waals surface area contributed by atoms with E-state index in [0.717, 1.165) is 42.8 Å². The zero-order chi connectivity index (χ0) is 20.1. The number of imidazole rings is 1. The molecule has 3 rings (SSSR count). The summed E-state index contributed by atoms with van der Waals surface area (Å²) >= 11 is 0. The molecule has 7 nitrogen and oxygen atoms in total. The molecular weight excluding hydrogens is 356 g/mol. The third-order valence-corrected chi connectivity index (χ3v) is 4.81. The number of amides is 2. The highest BCUT2D eigenvalue weighted by Gasteiger charge is 2.27. The van der Waals surface area contributed by atoms with Gasteiger partial charge in [0, 0.05) is 19.1 Å². The Morgan fingerprint density at radius 3 is 2.61 bits per heavy atom. The largest absolute Gasteiger partial charge is 0.497 e. The van der Waals surface area contributed by atoms with Crippen molar-refractivity contribution in [2.24, 2.45) is 0 Å². The van der Waals surface area contributed by atoms with Crippen LogP contribution in [0.2, 0.25) is 0 Å². The van der Waals surface area contributed by atoms with E-state index in [1.54, 1.807) is 7.11 Å². The van der Waals surface area contributed by atoms with E-state index in [2.05, 4.69) is 15.6 Å². The highest BCUT2D eigenvalue weighted by atomic mass is 16.5. The molecule has 0 saturated carbocycles. The van der Waals surface area contributed by atoms with Crippen molar-refractivity contribution in [3.05, 3.63) is 47.0 Å². The fourth-order valence-electron chi connectivity index (χ4n) is 3.42. The number of hydrogen-bond donors (Lipinski definition) is 2. The van der Waals surface area contributed by atoms with Crippen molar-refractivity contribution in [2.45, 2.75) is 52.1 Å². The minimum Gasteiger partial charge on any atom is -0.497 e. The standard InChI is InChI=1S/C21H28N4O3/c1-14(2)23-20(26)18-17-6-4-5-13-25(17)19(24-18)21(27)22-12-11-15-7-9-16(28-3)10-8-15/h7-10,14H,4-6,11-13H2,1-3H3,(H,22,27)(H,23,26). The average molecular weight is 384 g/mol. The number of hydrogen-bond acceptors (Lipinski definition) is 4. The Bertz CT molecular complexity index is 840. The molecule has 0 radical (unpaired) electrons. The van der Waals surface area contributed by atoms with E-state index in [1.165, 1.54) is 0 Å². The molecule has 2 aromatic rings. The second-order valence-corrected chi connectivity index (χ2v) is 7.32. The summed E-state index contributed by atoms with van der Waals surface area (Å²) in [6, 6.07) is 7.80. The predicted octanol–water partition coefficient (Wildman–Crippen LogP) is 2.34. The Morgan fingerprint density at radius 2 is 1.93 bits per heavy atom. The number of methoxy groups -OCH3 is 1. The minimum atomic E-state index is -0.236. The van der Waals surface area contributed by atoms with Crippen LogP contribution in [0.5, 0.6) is 5.75 Å². The summed E-state index contributed by atoms with van der Waals surface area (Å²) in [6.45, 7) is 5.04. The fraction of sp³-hybridized carbons (Fsp3) is 0.476. The lowest BCUT2D eigenvalue weighted by Gasteiger charge is -2.17. The molecule has 0 bridgehead atoms. The lowest BCUT2D eigenvalue weighted by Crippen LogP contribution is -2.31. The molecule has 1 aliphatic rings. The monoisotopic (exact) mass is 384 g/mol. The number of ether oxygens (including phenoxy) is 1. The average Bonchev–Trinajstić information content (AvgIpc) is 3.08. The van der Waals surface area contributed by atoms with Crippen LogP contribution in [0.1, 0.15) is 59.1 Å². The summed E-state index contributed by atoms with van der Waals surface area (Å²) in [5.74, 6) is 0.695. The summed E-state index contributed by atoms with van der Waals surface area (Å²) < 4.78 is 7.06. The SMILES string of the molecule is COc1ccc(CCNC(=O)c2nc(C(=O)NC(C)C)c3n2CCCC3)cc1. The first-order valence-electron chi connectivity index (χ1n) is 9.81. The number of fused-ring (bicyclic) bond motifs is 1. The molecule has 150 valence electrons. The molecule has 0 unspecified atom stereocenters. The quantitative estimate of drug-likeness (QED) is 0.767. The Hall–Kier alpha value is -2.83. The predicted molar refractivity (Wildman–Crippen MR) is 107 cm³/mol. The number of aromatic nitrogens is 2. The molecule has 0 saturated heterocycles. The van der Waals surface area contributed by atoms with Crippen LogP contribution in [0.3, 0.4) is 0 Å². The zero-order valence-corrected chi connectivity index (χ0v) is 16.7. The summed E-state index contributed by atoms with van der Waals surface area (Å²) in [4.78, 5) is 29.6. The van der Waals surface area contributed by atoms with Crippen molar-refractivity contribution < 1.29 is 14.3 Å². The molecule has 1 aliphatic heterocycles. The zero-order valence-electron chi connectivity index (χ0n) is 16.7. The van der Waals surface area contributed by atoms with Crippen LogP contribution < -0.4 is 15.4 Å². The fourth-order valence-corrected chi connectivity index (χ4v) is 3.42. The van der Waals surface area contributed by atoms with E-state index in [1.807, 2.05) is 42.7 Å². The van der Waals surface area contributed by atoms with Gasteiger partial charge in [0.1, 0.15) is 11.4 Å². The van der Waals surface area contributed by atoms with Crippen molar-refractivity contribution in [1.29, 1.82) is 0 Å². The Labute approximate surface area is 165 Å². The van der Waals surface area contributed by atoms with Crippen molar-refractivity contribution >= 4 is 11.8 Å². The first kappa shape index (κ1) is 19.9. The highest BCUT2D eigenvalue weighted by Crippen LogP contribution is 2.21. The van der Waals surface area contributed by atoms with Gasteiger partial charge in [0.25, 0.3) is 11.8 Å². The van der Waals surface area contributed by atoms with Gasteiger partial charge in [-0.15, -0.1) is 0 Å². The van der Waals surface area contributed by atoms with Crippen LogP contribution in [0.15, 0.2) is 24.3 Å². The molecule has 1 aromatic carbocycles.